The summed E-state index contributed by atoms with van der Waals surface area (Å²) in [5.41, 5.74) is 0. The first kappa shape index (κ1) is 17.4. The summed E-state index contributed by atoms with van der Waals surface area (Å²) in [6.07, 6.45) is 0. The van der Waals surface area contributed by atoms with Crippen LogP contribution in [0.4, 0.5) is 0 Å². The summed E-state index contributed by atoms with van der Waals surface area (Å²) in [6, 6.07) is 0. The molecule has 94 valence electrons. The molecule has 0 fully saturated rings. The van der Waals surface area contributed by atoms with E-state index in [-0.39, 0.29) is 0 Å². The van der Waals surface area contributed by atoms with Gasteiger partial charge in [0.05, 0.1) is 20.1 Å². The monoisotopic (exact) mass is 368 g/mol. The Kier molecular flexibility index (Phi) is 10.5. The number of rotatable bonds is 0. The highest BCUT2D eigenvalue weighted by Crippen LogP contribution is 2.25. The number of thiophene rings is 2. The van der Waals surface area contributed by atoms with Gasteiger partial charge in [0.15, 0.2) is 0 Å². The normalized spacial score (nSPS) is 8.47. The first-order valence-electron chi connectivity index (χ1n) is 3.69. The van der Waals surface area contributed by atoms with Gasteiger partial charge >= 0.3 is 11.6 Å². The van der Waals surface area contributed by atoms with Crippen LogP contribution in [0.2, 0.25) is 20.1 Å². The lowest BCUT2D eigenvalue weighted by atomic mass is 10.7. The molecule has 2 nitrogen and oxygen atoms in total. The molecule has 0 aliphatic carbocycles. The summed E-state index contributed by atoms with van der Waals surface area (Å²) in [5, 5.41) is 9.76. The average Bonchev–Trinajstić information content (AvgIpc) is 2.81. The zero-order valence-electron chi connectivity index (χ0n) is 7.86. The van der Waals surface area contributed by atoms with Crippen molar-refractivity contribution in [2.24, 2.45) is 0 Å². The fourth-order valence-corrected chi connectivity index (χ4v) is 2.75. The Morgan fingerprint density at radius 1 is 0.706 bits per heavy atom. The van der Waals surface area contributed by atoms with Gasteiger partial charge in [0.25, 0.3) is 0 Å². The van der Waals surface area contributed by atoms with Gasteiger partial charge < -0.3 is 0 Å². The van der Waals surface area contributed by atoms with E-state index in [2.05, 4.69) is 0 Å². The predicted octanol–water partition coefficient (Wildman–Crippen LogP) is 5.44. The third kappa shape index (κ3) is 8.15. The Bertz CT molecular complexity index is 405. The van der Waals surface area contributed by atoms with E-state index in [1.807, 2.05) is 0 Å². The van der Waals surface area contributed by atoms with Gasteiger partial charge in [-0.05, 0) is 0 Å². The van der Waals surface area contributed by atoms with E-state index in [1.165, 1.54) is 22.7 Å². The molecule has 0 saturated heterocycles. The molecule has 0 aromatic carbocycles. The second-order valence-corrected chi connectivity index (χ2v) is 5.46. The molecular weight excluding hydrogens is 366 g/mol. The van der Waals surface area contributed by atoms with E-state index < -0.39 is 11.6 Å². The maximum atomic E-state index is 8.29. The van der Waals surface area contributed by atoms with E-state index in [4.69, 9.17) is 54.8 Å². The van der Waals surface area contributed by atoms with Crippen LogP contribution in [0, 0.1) is 0 Å². The van der Waals surface area contributed by atoms with Crippen molar-refractivity contribution < 1.29 is 8.42 Å². The van der Waals surface area contributed by atoms with E-state index >= 15 is 0 Å². The molecule has 17 heavy (non-hydrogen) atoms. The van der Waals surface area contributed by atoms with Crippen LogP contribution >= 0.6 is 69.1 Å². The van der Waals surface area contributed by atoms with Crippen molar-refractivity contribution in [1.82, 2.24) is 0 Å². The standard InChI is InChI=1S/2C4H2Cl2S.O2S/c2*5-3-1-7-2-4(3)6;1-3-2/h2*1-2H;. The molecule has 9 heteroatoms. The minimum absolute atomic E-state index is 0.645. The fourth-order valence-electron chi connectivity index (χ4n) is 0.532. The van der Waals surface area contributed by atoms with Gasteiger partial charge in [-0.3, -0.25) is 0 Å². The molecule has 0 atom stereocenters. The summed E-state index contributed by atoms with van der Waals surface area (Å²) in [4.78, 5) is 0. The highest BCUT2D eigenvalue weighted by Gasteiger charge is 1.93. The van der Waals surface area contributed by atoms with Crippen molar-refractivity contribution >= 4 is 80.6 Å². The summed E-state index contributed by atoms with van der Waals surface area (Å²) in [6.45, 7) is 0. The molecule has 2 aromatic rings. The maximum Gasteiger partial charge on any atom is 0.335 e. The van der Waals surface area contributed by atoms with Gasteiger partial charge in [0, 0.05) is 21.5 Å². The van der Waals surface area contributed by atoms with Crippen LogP contribution in [0.5, 0.6) is 0 Å². The molecule has 0 radical (unpaired) electrons. The zero-order valence-corrected chi connectivity index (χ0v) is 13.3. The van der Waals surface area contributed by atoms with Gasteiger partial charge in [-0.1, -0.05) is 46.4 Å². The van der Waals surface area contributed by atoms with Crippen LogP contribution in [0.3, 0.4) is 0 Å². The molecule has 2 aromatic heterocycles. The number of hydrogen-bond acceptors (Lipinski definition) is 4. The summed E-state index contributed by atoms with van der Waals surface area (Å²) in [7, 11) is 0. The molecule has 0 unspecified atom stereocenters. The topological polar surface area (TPSA) is 34.1 Å². The number of hydrogen-bond donors (Lipinski definition) is 0. The van der Waals surface area contributed by atoms with Crippen LogP contribution in [0.25, 0.3) is 0 Å². The Morgan fingerprint density at radius 2 is 0.882 bits per heavy atom. The van der Waals surface area contributed by atoms with Crippen LogP contribution in [0.1, 0.15) is 0 Å². The Hall–Kier alpha value is 0.380. The molecule has 0 amide bonds. The quantitative estimate of drug-likeness (QED) is 0.619. The first-order valence-corrected chi connectivity index (χ1v) is 7.75. The van der Waals surface area contributed by atoms with Gasteiger partial charge in [-0.15, -0.1) is 22.7 Å². The summed E-state index contributed by atoms with van der Waals surface area (Å²) >= 11 is 24.3. The lowest BCUT2D eigenvalue weighted by Crippen LogP contribution is -1.45. The molecule has 2 heterocycles. The molecule has 0 N–H and O–H groups in total. The Balaban J connectivity index is 0.000000247. The van der Waals surface area contributed by atoms with Crippen LogP contribution in [0.15, 0.2) is 21.5 Å². The second kappa shape index (κ2) is 10.3. The van der Waals surface area contributed by atoms with Crippen molar-refractivity contribution in [3.8, 4) is 0 Å². The lowest BCUT2D eigenvalue weighted by molar-refractivity contribution is 0.630. The van der Waals surface area contributed by atoms with Crippen molar-refractivity contribution in [3.05, 3.63) is 41.6 Å². The van der Waals surface area contributed by atoms with Crippen LogP contribution in [-0.4, -0.2) is 8.42 Å². The van der Waals surface area contributed by atoms with E-state index in [9.17, 15) is 0 Å². The van der Waals surface area contributed by atoms with Gasteiger partial charge in [-0.25, -0.2) is 0 Å². The molecule has 0 aliphatic rings. The van der Waals surface area contributed by atoms with Crippen molar-refractivity contribution in [2.45, 2.75) is 0 Å². The zero-order chi connectivity index (χ0) is 13.3. The van der Waals surface area contributed by atoms with Crippen molar-refractivity contribution in [1.29, 1.82) is 0 Å². The fraction of sp³-hybridized carbons (Fsp3) is 0. The Morgan fingerprint density at radius 3 is 0.941 bits per heavy atom. The summed E-state index contributed by atoms with van der Waals surface area (Å²) in [5.74, 6) is 0. The highest BCUT2D eigenvalue weighted by molar-refractivity contribution is 7.51. The Labute approximate surface area is 130 Å². The molecular formula is C8H4Cl4O2S3. The minimum atomic E-state index is -0.750. The number of halogens is 4. The molecule has 0 saturated carbocycles. The van der Waals surface area contributed by atoms with Crippen LogP contribution in [-0.2, 0) is 11.6 Å². The van der Waals surface area contributed by atoms with E-state index in [0.29, 0.717) is 20.1 Å². The highest BCUT2D eigenvalue weighted by atomic mass is 35.5. The van der Waals surface area contributed by atoms with Gasteiger partial charge in [0.2, 0.25) is 0 Å². The largest absolute Gasteiger partial charge is 0.335 e. The molecule has 0 spiro atoms. The van der Waals surface area contributed by atoms with Crippen LogP contribution < -0.4 is 0 Å². The average molecular weight is 370 g/mol. The van der Waals surface area contributed by atoms with Crippen molar-refractivity contribution in [2.75, 3.05) is 0 Å². The van der Waals surface area contributed by atoms with Gasteiger partial charge in [-0.2, -0.15) is 8.42 Å². The molecule has 0 bridgehead atoms. The third-order valence-corrected chi connectivity index (χ3v) is 4.59. The lowest BCUT2D eigenvalue weighted by Gasteiger charge is -1.73. The maximum absolute atomic E-state index is 8.29. The smallest absolute Gasteiger partial charge is 0.168 e. The molecule has 2 rings (SSSR count). The van der Waals surface area contributed by atoms with Crippen molar-refractivity contribution in [3.63, 3.8) is 0 Å². The second-order valence-electron chi connectivity index (χ2n) is 2.20. The minimum Gasteiger partial charge on any atom is -0.168 e. The van der Waals surface area contributed by atoms with E-state index in [0.717, 1.165) is 0 Å². The predicted molar refractivity (Wildman–Crippen MR) is 77.6 cm³/mol. The SMILES string of the molecule is Clc1cscc1Cl.Clc1cscc1Cl.O=S=O. The van der Waals surface area contributed by atoms with E-state index in [1.54, 1.807) is 21.5 Å². The van der Waals surface area contributed by atoms with Gasteiger partial charge in [0.1, 0.15) is 0 Å². The third-order valence-electron chi connectivity index (χ3n) is 1.14. The first-order chi connectivity index (χ1) is 8.02. The molecule has 0 aliphatic heterocycles. The summed E-state index contributed by atoms with van der Waals surface area (Å²) < 4.78 is 16.6.